The Balaban J connectivity index is 1.38. The van der Waals surface area contributed by atoms with Gasteiger partial charge < -0.3 is 19.8 Å². The highest BCUT2D eigenvalue weighted by molar-refractivity contribution is 7.16. The number of hydrogen-bond donors (Lipinski definition) is 2. The summed E-state index contributed by atoms with van der Waals surface area (Å²) in [7, 11) is 0. The second kappa shape index (κ2) is 12.1. The van der Waals surface area contributed by atoms with E-state index in [-0.39, 0.29) is 24.4 Å². The zero-order valence-corrected chi connectivity index (χ0v) is 21.1. The minimum absolute atomic E-state index is 0.159. The molecule has 1 atom stereocenters. The molecule has 8 nitrogen and oxygen atoms in total. The Morgan fingerprint density at radius 2 is 1.74 bits per heavy atom. The zero-order valence-electron chi connectivity index (χ0n) is 20.3. The van der Waals surface area contributed by atoms with Crippen LogP contribution in [0.15, 0.2) is 82.7 Å². The molecule has 12 heteroatoms. The van der Waals surface area contributed by atoms with Crippen LogP contribution in [0.2, 0.25) is 0 Å². The molecule has 2 N–H and O–H groups in total. The lowest BCUT2D eigenvalue weighted by Crippen LogP contribution is -2.31. The lowest BCUT2D eigenvalue weighted by molar-refractivity contribution is -0.192. The maximum atomic E-state index is 12.6. The molecule has 204 valence electrons. The maximum absolute atomic E-state index is 12.6. The molecule has 4 aromatic rings. The molecule has 0 radical (unpaired) electrons. The van der Waals surface area contributed by atoms with E-state index in [4.69, 9.17) is 9.84 Å². The predicted octanol–water partition coefficient (Wildman–Crippen LogP) is 4.94. The van der Waals surface area contributed by atoms with Gasteiger partial charge in [0.1, 0.15) is 24.7 Å². The first-order valence-electron chi connectivity index (χ1n) is 11.7. The number of carboxylic acids is 1. The molecule has 0 aliphatic heterocycles. The van der Waals surface area contributed by atoms with Crippen molar-refractivity contribution >= 4 is 33.2 Å². The Kier molecular flexibility index (Phi) is 8.67. The average Bonchev–Trinajstić information content (AvgIpc) is 3.22. The number of hydrogen-bond acceptors (Lipinski definition) is 7. The van der Waals surface area contributed by atoms with Gasteiger partial charge in [-0.25, -0.2) is 4.79 Å². The lowest BCUT2D eigenvalue weighted by Gasteiger charge is -2.15. The highest BCUT2D eigenvalue weighted by atomic mass is 32.1. The second-order valence-corrected chi connectivity index (χ2v) is 9.46. The number of thiazole rings is 1. The van der Waals surface area contributed by atoms with Gasteiger partial charge in [0.2, 0.25) is 0 Å². The largest absolute Gasteiger partial charge is 0.492 e. The molecule has 0 saturated carbocycles. The van der Waals surface area contributed by atoms with Gasteiger partial charge in [0, 0.05) is 17.5 Å². The van der Waals surface area contributed by atoms with Crippen LogP contribution in [0.1, 0.15) is 16.7 Å². The highest BCUT2D eigenvalue weighted by Crippen LogP contribution is 2.22. The maximum Gasteiger partial charge on any atom is 0.411 e. The first-order chi connectivity index (χ1) is 18.6. The van der Waals surface area contributed by atoms with Crippen LogP contribution in [0, 0.1) is 0 Å². The zero-order chi connectivity index (χ0) is 28.0. The van der Waals surface area contributed by atoms with E-state index in [1.807, 2.05) is 30.3 Å². The fourth-order valence-corrected chi connectivity index (χ4v) is 4.86. The number of nitrogens with zero attached hydrogens (tertiary/aromatic N) is 2. The van der Waals surface area contributed by atoms with Gasteiger partial charge in [-0.3, -0.25) is 9.36 Å². The van der Waals surface area contributed by atoms with Gasteiger partial charge in [-0.2, -0.15) is 13.2 Å². The molecule has 39 heavy (non-hydrogen) atoms. The Labute approximate surface area is 224 Å². The summed E-state index contributed by atoms with van der Waals surface area (Å²) in [6, 6.07) is 20.7. The van der Waals surface area contributed by atoms with Crippen molar-refractivity contribution < 1.29 is 37.8 Å². The summed E-state index contributed by atoms with van der Waals surface area (Å²) < 4.78 is 49.6. The van der Waals surface area contributed by atoms with Gasteiger partial charge in [-0.15, -0.1) is 0 Å². The molecule has 4 rings (SSSR count). The summed E-state index contributed by atoms with van der Waals surface area (Å²) >= 11 is 1.06. The molecular weight excluding hydrogens is 537 g/mol. The van der Waals surface area contributed by atoms with E-state index < -0.39 is 24.9 Å². The number of benzene rings is 3. The van der Waals surface area contributed by atoms with Gasteiger partial charge in [0.05, 0.1) is 16.8 Å². The monoisotopic (exact) mass is 560 g/mol. The molecule has 0 aliphatic carbocycles. The molecule has 0 spiro atoms. The summed E-state index contributed by atoms with van der Waals surface area (Å²) in [6.45, 7) is -1.23. The van der Waals surface area contributed by atoms with Crippen LogP contribution in [0.5, 0.6) is 5.75 Å². The van der Waals surface area contributed by atoms with Crippen molar-refractivity contribution in [1.82, 2.24) is 4.57 Å². The summed E-state index contributed by atoms with van der Waals surface area (Å²) in [6.07, 6.45) is -6.50. The first-order valence-corrected chi connectivity index (χ1v) is 12.5. The number of alkyl halides is 3. The number of oxime groups is 1. The fraction of sp³-hybridized carbons (Fsp3) is 0.222. The van der Waals surface area contributed by atoms with Crippen molar-refractivity contribution in [3.05, 3.63) is 99.2 Å². The van der Waals surface area contributed by atoms with Crippen molar-refractivity contribution in [1.29, 1.82) is 0 Å². The van der Waals surface area contributed by atoms with Gasteiger partial charge >= 0.3 is 17.0 Å². The third-order valence-corrected chi connectivity index (χ3v) is 6.68. The molecule has 1 heterocycles. The van der Waals surface area contributed by atoms with E-state index in [0.717, 1.165) is 21.6 Å². The van der Waals surface area contributed by atoms with E-state index in [0.29, 0.717) is 28.1 Å². The third-order valence-electron chi connectivity index (χ3n) is 5.74. The van der Waals surface area contributed by atoms with Crippen LogP contribution in [-0.2, 0) is 22.5 Å². The van der Waals surface area contributed by atoms with Gasteiger partial charge in [0.25, 0.3) is 0 Å². The minimum Gasteiger partial charge on any atom is -0.492 e. The van der Waals surface area contributed by atoms with E-state index in [1.54, 1.807) is 47.0 Å². The summed E-state index contributed by atoms with van der Waals surface area (Å²) in [4.78, 5) is 23.7. The quantitative estimate of drug-likeness (QED) is 0.153. The van der Waals surface area contributed by atoms with E-state index in [9.17, 15) is 28.0 Å². The van der Waals surface area contributed by atoms with Crippen LogP contribution < -0.4 is 9.61 Å². The van der Waals surface area contributed by atoms with Crippen molar-refractivity contribution in [3.63, 3.8) is 0 Å². The minimum atomic E-state index is -4.62. The summed E-state index contributed by atoms with van der Waals surface area (Å²) in [5.74, 6) is -1.04. The predicted molar refractivity (Wildman–Crippen MR) is 139 cm³/mol. The molecule has 1 aromatic heterocycles. The topological polar surface area (TPSA) is 110 Å². The standard InChI is InChI=1S/C27H23F3N2O6S/c28-27(29,30)16-38-22(25(33)34)14-17-6-9-20(10-7-17)37-13-12-32-21-11-8-19(15-23(21)39-26(32)35)24(31-36)18-4-2-1-3-5-18/h1-11,15,22,36H,12-14,16H2,(H,33,34)/b31-24+. The number of aromatic nitrogens is 1. The van der Waals surface area contributed by atoms with Crippen molar-refractivity contribution in [2.45, 2.75) is 25.2 Å². The normalized spacial score (nSPS) is 12.9. The van der Waals surface area contributed by atoms with Crippen LogP contribution in [0.3, 0.4) is 0 Å². The number of ether oxygens (including phenoxy) is 2. The fourth-order valence-electron chi connectivity index (χ4n) is 3.91. The van der Waals surface area contributed by atoms with Crippen molar-refractivity contribution in [3.8, 4) is 5.75 Å². The molecule has 0 amide bonds. The molecule has 0 saturated heterocycles. The summed E-state index contributed by atoms with van der Waals surface area (Å²) in [5, 5.41) is 22.1. The number of carboxylic acid groups (broad SMARTS) is 1. The van der Waals surface area contributed by atoms with E-state index >= 15 is 0 Å². The molecule has 1 unspecified atom stereocenters. The number of rotatable bonds is 11. The Bertz CT molecular complexity index is 1510. The van der Waals surface area contributed by atoms with E-state index in [2.05, 4.69) is 9.89 Å². The molecule has 3 aromatic carbocycles. The Morgan fingerprint density at radius 1 is 1.03 bits per heavy atom. The number of halogens is 3. The van der Waals surface area contributed by atoms with Crippen LogP contribution in [0.25, 0.3) is 10.2 Å². The third kappa shape index (κ3) is 7.24. The number of fused-ring (bicyclic) bond motifs is 1. The first kappa shape index (κ1) is 27.9. The van der Waals surface area contributed by atoms with Crippen LogP contribution in [0.4, 0.5) is 13.2 Å². The Morgan fingerprint density at radius 3 is 2.38 bits per heavy atom. The van der Waals surface area contributed by atoms with E-state index in [1.165, 1.54) is 0 Å². The lowest BCUT2D eigenvalue weighted by atomic mass is 10.0. The van der Waals surface area contributed by atoms with Gasteiger partial charge in [-0.1, -0.05) is 65.0 Å². The Hall–Kier alpha value is -4.16. The highest BCUT2D eigenvalue weighted by Gasteiger charge is 2.31. The molecule has 0 bridgehead atoms. The molecular formula is C27H23F3N2O6S. The van der Waals surface area contributed by atoms with Gasteiger partial charge in [0.15, 0.2) is 6.10 Å². The smallest absolute Gasteiger partial charge is 0.411 e. The summed E-state index contributed by atoms with van der Waals surface area (Å²) in [5.41, 5.74) is 2.96. The van der Waals surface area contributed by atoms with Gasteiger partial charge in [-0.05, 0) is 29.8 Å². The van der Waals surface area contributed by atoms with Crippen LogP contribution >= 0.6 is 11.3 Å². The SMILES string of the molecule is O=C(O)C(Cc1ccc(OCCn2c(=O)sc3cc(/C(=N/O)c4ccccc4)ccc32)cc1)OCC(F)(F)F. The second-order valence-electron chi connectivity index (χ2n) is 8.47. The average molecular weight is 561 g/mol. The van der Waals surface area contributed by atoms with Crippen LogP contribution in [-0.4, -0.2) is 52.1 Å². The molecule has 0 fully saturated rings. The number of carbonyl (C=O) groups is 1. The number of aliphatic carboxylic acids is 1. The van der Waals surface area contributed by atoms with Crippen molar-refractivity contribution in [2.75, 3.05) is 13.2 Å². The van der Waals surface area contributed by atoms with Crippen molar-refractivity contribution in [2.24, 2.45) is 5.16 Å². The molecule has 0 aliphatic rings.